The van der Waals surface area contributed by atoms with Gasteiger partial charge in [0.15, 0.2) is 23.3 Å². The topological polar surface area (TPSA) is 29.1 Å². The summed E-state index contributed by atoms with van der Waals surface area (Å²) in [5, 5.41) is 1.44. The summed E-state index contributed by atoms with van der Waals surface area (Å²) in [6.07, 6.45) is 0.820. The van der Waals surface area contributed by atoms with E-state index >= 15 is 0 Å². The Labute approximate surface area is 145 Å². The average Bonchev–Trinajstić information content (AvgIpc) is 2.62. The highest BCUT2D eigenvalue weighted by molar-refractivity contribution is 8.00. The van der Waals surface area contributed by atoms with E-state index in [1.54, 1.807) is 24.3 Å². The van der Waals surface area contributed by atoms with Gasteiger partial charge in [0.2, 0.25) is 11.7 Å². The summed E-state index contributed by atoms with van der Waals surface area (Å²) in [6.45, 7) is 3.27. The van der Waals surface area contributed by atoms with Crippen molar-refractivity contribution in [2.45, 2.75) is 30.4 Å². The molecule has 2 rings (SSSR count). The smallest absolute Gasteiger partial charge is 0.237 e. The van der Waals surface area contributed by atoms with Gasteiger partial charge in [-0.1, -0.05) is 19.1 Å². The van der Waals surface area contributed by atoms with Crippen LogP contribution in [0.3, 0.4) is 0 Å². The minimum atomic E-state index is -2.23. The maximum Gasteiger partial charge on any atom is 0.237 e. The molecule has 1 atom stereocenters. The minimum Gasteiger partial charge on any atom is -0.325 e. The van der Waals surface area contributed by atoms with E-state index in [4.69, 9.17) is 0 Å². The van der Waals surface area contributed by atoms with Crippen LogP contribution in [0.5, 0.6) is 0 Å². The molecule has 0 bridgehead atoms. The predicted molar refractivity (Wildman–Crippen MR) is 86.0 cm³/mol. The lowest BCUT2D eigenvalue weighted by molar-refractivity contribution is -0.115. The van der Waals surface area contributed by atoms with Gasteiger partial charge in [0, 0.05) is 5.69 Å². The molecule has 0 aliphatic rings. The molecule has 2 aromatic carbocycles. The van der Waals surface area contributed by atoms with E-state index in [0.717, 1.165) is 12.0 Å². The monoisotopic (exact) mass is 375 g/mol. The van der Waals surface area contributed by atoms with Gasteiger partial charge in [-0.3, -0.25) is 4.79 Å². The Morgan fingerprint density at radius 2 is 1.44 bits per heavy atom. The summed E-state index contributed by atoms with van der Waals surface area (Å²) in [6, 6.07) is 6.92. The molecule has 25 heavy (non-hydrogen) atoms. The van der Waals surface area contributed by atoms with Crippen molar-refractivity contribution in [2.24, 2.45) is 0 Å². The quantitative estimate of drug-likeness (QED) is 0.342. The number of carbonyl (C=O) groups is 1. The number of benzene rings is 2. The number of hydrogen-bond donors (Lipinski definition) is 1. The van der Waals surface area contributed by atoms with Crippen LogP contribution in [-0.2, 0) is 11.2 Å². The van der Waals surface area contributed by atoms with E-state index in [0.29, 0.717) is 5.69 Å². The van der Waals surface area contributed by atoms with Crippen LogP contribution >= 0.6 is 11.8 Å². The molecule has 2 aromatic rings. The highest BCUT2D eigenvalue weighted by atomic mass is 32.2. The molecule has 0 fully saturated rings. The van der Waals surface area contributed by atoms with Crippen molar-refractivity contribution in [2.75, 3.05) is 5.32 Å². The summed E-state index contributed by atoms with van der Waals surface area (Å²) in [5.41, 5.74) is 1.52. The van der Waals surface area contributed by atoms with Crippen LogP contribution in [-0.4, -0.2) is 11.2 Å². The number of aryl methyl sites for hydroxylation is 1. The molecule has 0 heterocycles. The van der Waals surface area contributed by atoms with Crippen LogP contribution in [0.2, 0.25) is 0 Å². The average molecular weight is 375 g/mol. The standard InChI is InChI=1S/C17H14F5NOS/c1-3-9-4-6-10(7-5-9)23-17(24)8(2)25-16-14(21)12(19)11(18)13(20)15(16)22/h4-8H,3H2,1-2H3,(H,23,24)/t8-/m0/s1. The first-order valence-corrected chi connectivity index (χ1v) is 8.22. The molecule has 0 saturated carbocycles. The highest BCUT2D eigenvalue weighted by Crippen LogP contribution is 2.33. The van der Waals surface area contributed by atoms with Crippen LogP contribution < -0.4 is 5.32 Å². The third-order valence-electron chi connectivity index (χ3n) is 3.46. The van der Waals surface area contributed by atoms with E-state index in [2.05, 4.69) is 5.32 Å². The fourth-order valence-corrected chi connectivity index (χ4v) is 2.89. The van der Waals surface area contributed by atoms with Crippen LogP contribution in [0.25, 0.3) is 0 Å². The maximum atomic E-state index is 13.7. The normalized spacial score (nSPS) is 12.1. The second-order valence-corrected chi connectivity index (χ2v) is 6.55. The number of halogens is 5. The van der Waals surface area contributed by atoms with E-state index in [1.165, 1.54) is 6.92 Å². The molecule has 0 spiro atoms. The molecule has 0 aliphatic heterocycles. The van der Waals surface area contributed by atoms with Gasteiger partial charge in [-0.25, -0.2) is 22.0 Å². The molecule has 0 aliphatic carbocycles. The van der Waals surface area contributed by atoms with Gasteiger partial charge in [0.05, 0.1) is 10.1 Å². The van der Waals surface area contributed by atoms with Gasteiger partial charge in [-0.2, -0.15) is 0 Å². The van der Waals surface area contributed by atoms with Crippen LogP contribution in [0.4, 0.5) is 27.6 Å². The second-order valence-electron chi connectivity index (χ2n) is 5.20. The van der Waals surface area contributed by atoms with Gasteiger partial charge in [0.25, 0.3) is 0 Å². The van der Waals surface area contributed by atoms with Gasteiger partial charge in [0.1, 0.15) is 0 Å². The minimum absolute atomic E-state index is 0.260. The van der Waals surface area contributed by atoms with Crippen molar-refractivity contribution in [3.05, 3.63) is 58.9 Å². The molecule has 0 aromatic heterocycles. The van der Waals surface area contributed by atoms with Gasteiger partial charge in [-0.15, -0.1) is 11.8 Å². The number of amides is 1. The molecule has 0 saturated heterocycles. The van der Waals surface area contributed by atoms with Crippen molar-refractivity contribution in [1.82, 2.24) is 0 Å². The van der Waals surface area contributed by atoms with Crippen molar-refractivity contribution < 1.29 is 26.7 Å². The predicted octanol–water partition coefficient (Wildman–Crippen LogP) is 5.06. The summed E-state index contributed by atoms with van der Waals surface area (Å²) < 4.78 is 66.7. The number of thioether (sulfide) groups is 1. The Hall–Kier alpha value is -2.09. The Kier molecular flexibility index (Phi) is 6.05. The number of hydrogen-bond acceptors (Lipinski definition) is 2. The lowest BCUT2D eigenvalue weighted by Crippen LogP contribution is -2.23. The Bertz CT molecular complexity index is 766. The lowest BCUT2D eigenvalue weighted by atomic mass is 10.1. The Balaban J connectivity index is 2.16. The summed E-state index contributed by atoms with van der Waals surface area (Å²) in [4.78, 5) is 11.0. The van der Waals surface area contributed by atoms with E-state index < -0.39 is 45.1 Å². The molecular formula is C17H14F5NOS. The summed E-state index contributed by atoms with van der Waals surface area (Å²) in [5.74, 6) is -10.8. The van der Waals surface area contributed by atoms with Crippen LogP contribution in [0.1, 0.15) is 19.4 Å². The first kappa shape index (κ1) is 19.2. The Morgan fingerprint density at radius 3 is 1.92 bits per heavy atom. The molecule has 2 nitrogen and oxygen atoms in total. The van der Waals surface area contributed by atoms with Gasteiger partial charge in [-0.05, 0) is 31.0 Å². The molecule has 134 valence electrons. The first-order valence-electron chi connectivity index (χ1n) is 7.34. The largest absolute Gasteiger partial charge is 0.325 e. The number of carbonyl (C=O) groups excluding carboxylic acids is 1. The lowest BCUT2D eigenvalue weighted by Gasteiger charge is -2.14. The zero-order valence-electron chi connectivity index (χ0n) is 13.3. The fraction of sp³-hybridized carbons (Fsp3) is 0.235. The van der Waals surface area contributed by atoms with E-state index in [1.807, 2.05) is 6.92 Å². The number of rotatable bonds is 5. The van der Waals surface area contributed by atoms with Crippen LogP contribution in [0.15, 0.2) is 29.2 Å². The fourth-order valence-electron chi connectivity index (χ4n) is 1.99. The molecule has 1 N–H and O–H groups in total. The van der Waals surface area contributed by atoms with Crippen molar-refractivity contribution in [3.63, 3.8) is 0 Å². The number of anilines is 1. The first-order chi connectivity index (χ1) is 11.8. The van der Waals surface area contributed by atoms with Crippen molar-refractivity contribution >= 4 is 23.4 Å². The molecule has 1 amide bonds. The Morgan fingerprint density at radius 1 is 0.960 bits per heavy atom. The molecule has 8 heteroatoms. The zero-order valence-corrected chi connectivity index (χ0v) is 14.1. The summed E-state index contributed by atoms with van der Waals surface area (Å²) >= 11 is 0.260. The van der Waals surface area contributed by atoms with Crippen molar-refractivity contribution in [1.29, 1.82) is 0 Å². The van der Waals surface area contributed by atoms with E-state index in [9.17, 15) is 26.7 Å². The maximum absolute atomic E-state index is 13.7. The highest BCUT2D eigenvalue weighted by Gasteiger charge is 2.28. The third kappa shape index (κ3) is 4.12. The summed E-state index contributed by atoms with van der Waals surface area (Å²) in [7, 11) is 0. The third-order valence-corrected chi connectivity index (χ3v) is 4.62. The SMILES string of the molecule is CCc1ccc(NC(=O)[C@H](C)Sc2c(F)c(F)c(F)c(F)c2F)cc1. The second kappa shape index (κ2) is 7.86. The zero-order chi connectivity index (χ0) is 18.7. The van der Waals surface area contributed by atoms with Gasteiger partial charge < -0.3 is 5.32 Å². The molecule has 0 radical (unpaired) electrons. The van der Waals surface area contributed by atoms with Crippen molar-refractivity contribution in [3.8, 4) is 0 Å². The van der Waals surface area contributed by atoms with Gasteiger partial charge >= 0.3 is 0 Å². The number of nitrogens with one attached hydrogen (secondary N) is 1. The van der Waals surface area contributed by atoms with Crippen LogP contribution in [0, 0.1) is 29.1 Å². The van der Waals surface area contributed by atoms with E-state index in [-0.39, 0.29) is 11.8 Å². The molecular weight excluding hydrogens is 361 g/mol. The molecule has 0 unspecified atom stereocenters.